The van der Waals surface area contributed by atoms with Crippen LogP contribution in [-0.4, -0.2) is 38.8 Å². The number of hydrogen-bond acceptors (Lipinski definition) is 5. The molecular formula is C19H31N3O4S. The second kappa shape index (κ2) is 9.03. The van der Waals surface area contributed by atoms with Gasteiger partial charge in [0.2, 0.25) is 10.0 Å². The molecule has 1 saturated carbocycles. The summed E-state index contributed by atoms with van der Waals surface area (Å²) in [5.41, 5.74) is 6.27. The van der Waals surface area contributed by atoms with Gasteiger partial charge in [0.1, 0.15) is 5.75 Å². The second-order valence-corrected chi connectivity index (χ2v) is 10.5. The Balaban J connectivity index is 1.71. The third-order valence-electron chi connectivity index (χ3n) is 4.92. The summed E-state index contributed by atoms with van der Waals surface area (Å²) >= 11 is 0. The fraction of sp³-hybridized carbons (Fsp3) is 0.632. The van der Waals surface area contributed by atoms with Gasteiger partial charge in [-0.2, -0.15) is 0 Å². The number of sulfonamides is 1. The van der Waals surface area contributed by atoms with Gasteiger partial charge in [0, 0.05) is 18.2 Å². The molecule has 0 aromatic heterocycles. The van der Waals surface area contributed by atoms with Crippen LogP contribution in [-0.2, 0) is 10.0 Å². The van der Waals surface area contributed by atoms with Crippen molar-refractivity contribution in [3.63, 3.8) is 0 Å². The van der Waals surface area contributed by atoms with Gasteiger partial charge in [0.25, 0.3) is 5.91 Å². The van der Waals surface area contributed by atoms with Crippen LogP contribution in [0.2, 0.25) is 0 Å². The lowest BCUT2D eigenvalue weighted by molar-refractivity contribution is 0.0928. The number of methoxy groups -OCH3 is 1. The van der Waals surface area contributed by atoms with E-state index in [4.69, 9.17) is 4.74 Å². The molecule has 0 radical (unpaired) electrons. The molecule has 0 heterocycles. The highest BCUT2D eigenvalue weighted by molar-refractivity contribution is 7.90. The zero-order valence-electron chi connectivity index (χ0n) is 16.5. The summed E-state index contributed by atoms with van der Waals surface area (Å²) in [7, 11) is -1.73. The van der Waals surface area contributed by atoms with E-state index in [-0.39, 0.29) is 11.9 Å². The van der Waals surface area contributed by atoms with E-state index in [2.05, 4.69) is 15.6 Å². The topological polar surface area (TPSA) is 96.5 Å². The molecule has 8 heteroatoms. The Labute approximate surface area is 162 Å². The fourth-order valence-electron chi connectivity index (χ4n) is 2.97. The first-order valence-corrected chi connectivity index (χ1v) is 10.8. The van der Waals surface area contributed by atoms with Gasteiger partial charge in [-0.3, -0.25) is 10.2 Å². The smallest absolute Gasteiger partial charge is 0.265 e. The van der Waals surface area contributed by atoms with Crippen LogP contribution in [0.25, 0.3) is 0 Å². The molecule has 1 aromatic carbocycles. The van der Waals surface area contributed by atoms with Crippen molar-refractivity contribution in [2.24, 2.45) is 5.92 Å². The molecule has 0 saturated heterocycles. The van der Waals surface area contributed by atoms with Gasteiger partial charge < -0.3 is 4.74 Å². The number of carbonyl (C=O) groups excluding carboxylic acids is 1. The summed E-state index contributed by atoms with van der Waals surface area (Å²) < 4.78 is 31.6. The van der Waals surface area contributed by atoms with Crippen LogP contribution < -0.4 is 20.3 Å². The van der Waals surface area contributed by atoms with Crippen LogP contribution in [0.15, 0.2) is 24.3 Å². The van der Waals surface area contributed by atoms with Gasteiger partial charge in [0.15, 0.2) is 0 Å². The molecule has 1 aliphatic rings. The van der Waals surface area contributed by atoms with Crippen LogP contribution in [0.4, 0.5) is 0 Å². The normalized spacial score (nSPS) is 20.9. The summed E-state index contributed by atoms with van der Waals surface area (Å²) in [6.07, 6.45) is 3.47. The first kappa shape index (κ1) is 21.7. The Morgan fingerprint density at radius 1 is 1.11 bits per heavy atom. The highest BCUT2D eigenvalue weighted by Gasteiger charge is 2.32. The van der Waals surface area contributed by atoms with Crippen molar-refractivity contribution in [2.75, 3.05) is 13.7 Å². The summed E-state index contributed by atoms with van der Waals surface area (Å²) in [6, 6.07) is 6.91. The number of nitrogens with one attached hydrogen (secondary N) is 3. The third-order valence-corrected chi connectivity index (χ3v) is 7.18. The second-order valence-electron chi connectivity index (χ2n) is 8.01. The molecule has 1 aromatic rings. The van der Waals surface area contributed by atoms with Crippen molar-refractivity contribution in [2.45, 2.75) is 57.2 Å². The van der Waals surface area contributed by atoms with Crippen molar-refractivity contribution in [1.82, 2.24) is 15.6 Å². The average Bonchev–Trinajstić information content (AvgIpc) is 2.62. The fourth-order valence-corrected chi connectivity index (χ4v) is 4.00. The van der Waals surface area contributed by atoms with E-state index in [0.29, 0.717) is 23.8 Å². The molecule has 0 atom stereocenters. The van der Waals surface area contributed by atoms with E-state index in [0.717, 1.165) is 25.7 Å². The Morgan fingerprint density at radius 2 is 1.70 bits per heavy atom. The maximum Gasteiger partial charge on any atom is 0.265 e. The largest absolute Gasteiger partial charge is 0.497 e. The van der Waals surface area contributed by atoms with Crippen molar-refractivity contribution >= 4 is 15.9 Å². The molecular weight excluding hydrogens is 366 g/mol. The summed E-state index contributed by atoms with van der Waals surface area (Å²) in [5.74, 6) is 0.930. The van der Waals surface area contributed by atoms with E-state index < -0.39 is 14.8 Å². The van der Waals surface area contributed by atoms with Crippen molar-refractivity contribution in [3.05, 3.63) is 29.8 Å². The maximum atomic E-state index is 12.2. The molecule has 0 unspecified atom stereocenters. The van der Waals surface area contributed by atoms with Gasteiger partial charge in [-0.1, -0.05) is 0 Å². The zero-order valence-corrected chi connectivity index (χ0v) is 17.4. The van der Waals surface area contributed by atoms with Gasteiger partial charge >= 0.3 is 0 Å². The van der Waals surface area contributed by atoms with Gasteiger partial charge in [0.05, 0.1) is 11.9 Å². The Kier molecular flexibility index (Phi) is 7.25. The molecule has 0 bridgehead atoms. The molecule has 152 valence electrons. The van der Waals surface area contributed by atoms with Crippen molar-refractivity contribution in [3.8, 4) is 5.75 Å². The first-order valence-electron chi connectivity index (χ1n) is 9.31. The Bertz CT molecular complexity index is 718. The molecule has 0 aliphatic heterocycles. The highest BCUT2D eigenvalue weighted by atomic mass is 32.2. The first-order chi connectivity index (χ1) is 12.6. The number of hydrazine groups is 1. The van der Waals surface area contributed by atoms with Crippen molar-refractivity contribution < 1.29 is 17.9 Å². The molecule has 27 heavy (non-hydrogen) atoms. The van der Waals surface area contributed by atoms with Gasteiger partial charge in [-0.05, 0) is 76.6 Å². The predicted octanol–water partition coefficient (Wildman–Crippen LogP) is 2.21. The highest BCUT2D eigenvalue weighted by Crippen LogP contribution is 2.25. The minimum Gasteiger partial charge on any atom is -0.497 e. The lowest BCUT2D eigenvalue weighted by Gasteiger charge is -2.31. The van der Waals surface area contributed by atoms with Crippen LogP contribution in [0.3, 0.4) is 0 Å². The molecule has 1 amide bonds. The Hall–Kier alpha value is -1.64. The molecule has 3 N–H and O–H groups in total. The maximum absolute atomic E-state index is 12.2. The third kappa shape index (κ3) is 6.19. The number of ether oxygens (including phenoxy) is 1. The SMILES string of the molecule is COc1ccc(C(=O)NNC[C@H]2CC[C@H](NS(=O)(=O)C(C)(C)C)CC2)cc1. The monoisotopic (exact) mass is 397 g/mol. The van der Waals surface area contributed by atoms with Crippen LogP contribution in [0.5, 0.6) is 5.75 Å². The van der Waals surface area contributed by atoms with Crippen LogP contribution in [0, 0.1) is 5.92 Å². The Morgan fingerprint density at radius 3 is 2.22 bits per heavy atom. The average molecular weight is 398 g/mol. The predicted molar refractivity (Wildman–Crippen MR) is 106 cm³/mol. The van der Waals surface area contributed by atoms with E-state index >= 15 is 0 Å². The molecule has 1 fully saturated rings. The molecule has 0 spiro atoms. The number of amides is 1. The number of benzene rings is 1. The van der Waals surface area contributed by atoms with E-state index in [9.17, 15) is 13.2 Å². The van der Waals surface area contributed by atoms with Crippen LogP contribution in [0.1, 0.15) is 56.8 Å². The number of carbonyl (C=O) groups is 1. The summed E-state index contributed by atoms with van der Waals surface area (Å²) in [4.78, 5) is 12.1. The van der Waals surface area contributed by atoms with E-state index in [1.54, 1.807) is 52.1 Å². The van der Waals surface area contributed by atoms with E-state index in [1.165, 1.54) is 0 Å². The lowest BCUT2D eigenvalue weighted by atomic mass is 9.86. The molecule has 1 aliphatic carbocycles. The summed E-state index contributed by atoms with van der Waals surface area (Å²) in [6.45, 7) is 5.78. The number of hydrogen-bond donors (Lipinski definition) is 3. The standard InChI is InChI=1S/C19H31N3O4S/c1-19(2,3)27(24,25)22-16-9-5-14(6-10-16)13-20-21-18(23)15-7-11-17(26-4)12-8-15/h7-8,11-12,14,16,20,22H,5-6,9-10,13H2,1-4H3,(H,21,23)/t14-,16-. The van der Waals surface area contributed by atoms with Gasteiger partial charge in [-0.25, -0.2) is 18.6 Å². The molecule has 2 rings (SSSR count). The van der Waals surface area contributed by atoms with Gasteiger partial charge in [-0.15, -0.1) is 0 Å². The van der Waals surface area contributed by atoms with Crippen LogP contribution >= 0.6 is 0 Å². The quantitative estimate of drug-likeness (QED) is 0.613. The number of rotatable bonds is 7. The minimum absolute atomic E-state index is 0.000588. The molecule has 7 nitrogen and oxygen atoms in total. The lowest BCUT2D eigenvalue weighted by Crippen LogP contribution is -2.47. The van der Waals surface area contributed by atoms with Crippen molar-refractivity contribution in [1.29, 1.82) is 0 Å². The summed E-state index contributed by atoms with van der Waals surface area (Å²) in [5, 5.41) is 0. The van der Waals surface area contributed by atoms with E-state index in [1.807, 2.05) is 0 Å². The zero-order chi connectivity index (χ0) is 20.1. The minimum atomic E-state index is -3.31.